The standard InChI is InChI=1S/C24H28FN3O4/c1-27-14-17-15-28(23(30)20-4-2-3-13-32-20)12-10-19(17)21(24(27)31)22(29)26-11-9-16-5-7-18(25)8-6-16/h5-8,14,20H,2-4,9-13,15H2,1H3,(H,26,29). The Kier molecular flexibility index (Phi) is 6.69. The molecule has 0 radical (unpaired) electrons. The van der Waals surface area contributed by atoms with Crippen molar-refractivity contribution in [2.75, 3.05) is 19.7 Å². The Balaban J connectivity index is 1.47. The summed E-state index contributed by atoms with van der Waals surface area (Å²) in [4.78, 5) is 40.3. The number of amides is 2. The first-order chi connectivity index (χ1) is 15.4. The van der Waals surface area contributed by atoms with Crippen LogP contribution in [-0.4, -0.2) is 47.1 Å². The van der Waals surface area contributed by atoms with Crippen molar-refractivity contribution in [3.63, 3.8) is 0 Å². The maximum Gasteiger partial charge on any atom is 0.263 e. The molecular formula is C24H28FN3O4. The van der Waals surface area contributed by atoms with Gasteiger partial charge in [0.15, 0.2) is 0 Å². The molecule has 2 aliphatic rings. The lowest BCUT2D eigenvalue weighted by atomic mass is 9.95. The summed E-state index contributed by atoms with van der Waals surface area (Å²) in [5, 5.41) is 2.82. The molecule has 2 amide bonds. The smallest absolute Gasteiger partial charge is 0.263 e. The van der Waals surface area contributed by atoms with Gasteiger partial charge >= 0.3 is 0 Å². The lowest BCUT2D eigenvalue weighted by molar-refractivity contribution is -0.147. The number of aromatic nitrogens is 1. The van der Waals surface area contributed by atoms with Gasteiger partial charge in [-0.3, -0.25) is 14.4 Å². The molecule has 1 fully saturated rings. The number of rotatable bonds is 5. The van der Waals surface area contributed by atoms with Crippen LogP contribution in [0.4, 0.5) is 4.39 Å². The molecule has 170 valence electrons. The Labute approximate surface area is 186 Å². The number of fused-ring (bicyclic) bond motifs is 1. The van der Waals surface area contributed by atoms with Gasteiger partial charge in [0.1, 0.15) is 17.5 Å². The number of halogens is 1. The van der Waals surface area contributed by atoms with Crippen LogP contribution in [0.25, 0.3) is 0 Å². The molecule has 0 spiro atoms. The van der Waals surface area contributed by atoms with Gasteiger partial charge in [-0.05, 0) is 60.9 Å². The molecule has 1 saturated heterocycles. The lowest BCUT2D eigenvalue weighted by Crippen LogP contribution is -2.46. The van der Waals surface area contributed by atoms with Crippen molar-refractivity contribution in [2.45, 2.75) is 44.8 Å². The van der Waals surface area contributed by atoms with Crippen molar-refractivity contribution in [1.82, 2.24) is 14.8 Å². The van der Waals surface area contributed by atoms with Crippen molar-refractivity contribution in [3.8, 4) is 0 Å². The summed E-state index contributed by atoms with van der Waals surface area (Å²) >= 11 is 0. The molecule has 2 aliphatic heterocycles. The molecule has 1 atom stereocenters. The third-order valence-corrected chi connectivity index (χ3v) is 6.17. The van der Waals surface area contributed by atoms with E-state index in [1.54, 1.807) is 30.3 Å². The van der Waals surface area contributed by atoms with Gasteiger partial charge < -0.3 is 19.5 Å². The fourth-order valence-corrected chi connectivity index (χ4v) is 4.41. The molecule has 1 aromatic heterocycles. The van der Waals surface area contributed by atoms with Gasteiger partial charge in [0, 0.05) is 39.5 Å². The third kappa shape index (κ3) is 4.75. The van der Waals surface area contributed by atoms with Crippen molar-refractivity contribution < 1.29 is 18.7 Å². The third-order valence-electron chi connectivity index (χ3n) is 6.17. The molecule has 0 aliphatic carbocycles. The zero-order valence-electron chi connectivity index (χ0n) is 18.2. The Bertz CT molecular complexity index is 1060. The SMILES string of the molecule is Cn1cc2c(c(C(=O)NCCc3ccc(F)cc3)c1=O)CCN(C(=O)C1CCCCO1)C2. The number of nitrogens with zero attached hydrogens (tertiary/aromatic N) is 2. The number of hydrogen-bond acceptors (Lipinski definition) is 4. The van der Waals surface area contributed by atoms with E-state index in [0.29, 0.717) is 44.6 Å². The second kappa shape index (κ2) is 9.65. The van der Waals surface area contributed by atoms with Crippen LogP contribution < -0.4 is 10.9 Å². The molecule has 1 N–H and O–H groups in total. The number of aryl methyl sites for hydroxylation is 1. The van der Waals surface area contributed by atoms with Gasteiger partial charge in [-0.1, -0.05) is 12.1 Å². The van der Waals surface area contributed by atoms with Crippen LogP contribution in [0.1, 0.15) is 46.3 Å². The minimum absolute atomic E-state index is 0.0190. The summed E-state index contributed by atoms with van der Waals surface area (Å²) in [5.74, 6) is -0.741. The molecule has 1 aromatic carbocycles. The van der Waals surface area contributed by atoms with Gasteiger partial charge in [0.25, 0.3) is 17.4 Å². The number of carbonyl (C=O) groups is 2. The quantitative estimate of drug-likeness (QED) is 0.769. The van der Waals surface area contributed by atoms with Crippen LogP contribution in [0.5, 0.6) is 0 Å². The zero-order valence-corrected chi connectivity index (χ0v) is 18.2. The Hall–Kier alpha value is -3.00. The summed E-state index contributed by atoms with van der Waals surface area (Å²) in [6.45, 7) is 1.76. The fourth-order valence-electron chi connectivity index (χ4n) is 4.41. The topological polar surface area (TPSA) is 80.6 Å². The van der Waals surface area contributed by atoms with Crippen LogP contribution in [0.15, 0.2) is 35.3 Å². The molecule has 1 unspecified atom stereocenters. The van der Waals surface area contributed by atoms with E-state index in [1.165, 1.54) is 16.7 Å². The largest absolute Gasteiger partial charge is 0.368 e. The van der Waals surface area contributed by atoms with Crippen LogP contribution in [0, 0.1) is 5.82 Å². The number of hydrogen-bond donors (Lipinski definition) is 1. The highest BCUT2D eigenvalue weighted by Gasteiger charge is 2.31. The molecule has 2 aromatic rings. The molecule has 0 saturated carbocycles. The van der Waals surface area contributed by atoms with E-state index >= 15 is 0 Å². The van der Waals surface area contributed by atoms with Gasteiger partial charge in [-0.15, -0.1) is 0 Å². The predicted octanol–water partition coefficient (Wildman–Crippen LogP) is 1.95. The van der Waals surface area contributed by atoms with Crippen LogP contribution in [0.2, 0.25) is 0 Å². The van der Waals surface area contributed by atoms with Crippen molar-refractivity contribution >= 4 is 11.8 Å². The highest BCUT2D eigenvalue weighted by molar-refractivity contribution is 5.95. The van der Waals surface area contributed by atoms with E-state index in [9.17, 15) is 18.8 Å². The number of nitrogens with one attached hydrogen (secondary N) is 1. The Morgan fingerprint density at radius 3 is 2.72 bits per heavy atom. The predicted molar refractivity (Wildman–Crippen MR) is 117 cm³/mol. The molecule has 8 heteroatoms. The first-order valence-electron chi connectivity index (χ1n) is 11.1. The lowest BCUT2D eigenvalue weighted by Gasteiger charge is -2.33. The molecule has 3 heterocycles. The average Bonchev–Trinajstić information content (AvgIpc) is 2.81. The summed E-state index contributed by atoms with van der Waals surface area (Å²) < 4.78 is 20.1. The molecule has 4 rings (SSSR count). The molecule has 7 nitrogen and oxygen atoms in total. The molecular weight excluding hydrogens is 413 g/mol. The van der Waals surface area contributed by atoms with Crippen molar-refractivity contribution in [2.24, 2.45) is 7.05 Å². The van der Waals surface area contributed by atoms with E-state index in [4.69, 9.17) is 4.74 Å². The summed E-state index contributed by atoms with van der Waals surface area (Å²) in [5.41, 5.74) is 2.21. The van der Waals surface area contributed by atoms with Crippen LogP contribution in [0.3, 0.4) is 0 Å². The van der Waals surface area contributed by atoms with Gasteiger partial charge in [-0.2, -0.15) is 0 Å². The first kappa shape index (κ1) is 22.2. The van der Waals surface area contributed by atoms with Gasteiger partial charge in [0.2, 0.25) is 0 Å². The minimum Gasteiger partial charge on any atom is -0.368 e. The summed E-state index contributed by atoms with van der Waals surface area (Å²) in [6, 6.07) is 6.11. The van der Waals surface area contributed by atoms with E-state index in [-0.39, 0.29) is 22.8 Å². The highest BCUT2D eigenvalue weighted by Crippen LogP contribution is 2.23. The van der Waals surface area contributed by atoms with Crippen LogP contribution >= 0.6 is 0 Å². The second-order valence-electron chi connectivity index (χ2n) is 8.42. The minimum atomic E-state index is -0.417. The number of pyridine rings is 1. The highest BCUT2D eigenvalue weighted by atomic mass is 19.1. The van der Waals surface area contributed by atoms with Gasteiger partial charge in [-0.25, -0.2) is 4.39 Å². The normalized spacial score (nSPS) is 18.2. The fraction of sp³-hybridized carbons (Fsp3) is 0.458. The zero-order chi connectivity index (χ0) is 22.7. The van der Waals surface area contributed by atoms with Crippen molar-refractivity contribution in [3.05, 3.63) is 68.9 Å². The summed E-state index contributed by atoms with van der Waals surface area (Å²) in [6.07, 6.45) is 5.00. The Morgan fingerprint density at radius 1 is 1.22 bits per heavy atom. The summed E-state index contributed by atoms with van der Waals surface area (Å²) in [7, 11) is 1.61. The average molecular weight is 442 g/mol. The molecule has 0 bridgehead atoms. The maximum absolute atomic E-state index is 13.0. The van der Waals surface area contributed by atoms with E-state index in [1.807, 2.05) is 0 Å². The molecule has 32 heavy (non-hydrogen) atoms. The van der Waals surface area contributed by atoms with E-state index in [2.05, 4.69) is 5.32 Å². The maximum atomic E-state index is 13.0. The van der Waals surface area contributed by atoms with Gasteiger partial charge in [0.05, 0.1) is 0 Å². The first-order valence-corrected chi connectivity index (χ1v) is 11.1. The number of carbonyl (C=O) groups excluding carboxylic acids is 2. The van der Waals surface area contributed by atoms with Crippen molar-refractivity contribution in [1.29, 1.82) is 0 Å². The Morgan fingerprint density at radius 2 is 2.00 bits per heavy atom. The monoisotopic (exact) mass is 441 g/mol. The van der Waals surface area contributed by atoms with E-state index in [0.717, 1.165) is 30.4 Å². The number of benzene rings is 1. The second-order valence-corrected chi connectivity index (χ2v) is 8.42. The van der Waals surface area contributed by atoms with E-state index < -0.39 is 12.0 Å². The number of ether oxygens (including phenoxy) is 1. The van der Waals surface area contributed by atoms with Crippen LogP contribution in [-0.2, 0) is 36.0 Å².